The number of rotatable bonds is 3. The van der Waals surface area contributed by atoms with Gasteiger partial charge in [-0.15, -0.1) is 0 Å². The monoisotopic (exact) mass is 169 g/mol. The predicted octanol–water partition coefficient (Wildman–Crippen LogP) is 1.68. The van der Waals surface area contributed by atoms with Crippen molar-refractivity contribution in [3.63, 3.8) is 0 Å². The second-order valence-electron chi connectivity index (χ2n) is 4.26. The molecule has 2 saturated carbocycles. The molecule has 2 atom stereocenters. The van der Waals surface area contributed by atoms with E-state index in [0.717, 1.165) is 18.9 Å². The molecule has 2 unspecified atom stereocenters. The van der Waals surface area contributed by atoms with Crippen molar-refractivity contribution in [2.75, 3.05) is 6.61 Å². The van der Waals surface area contributed by atoms with Gasteiger partial charge in [-0.3, -0.25) is 0 Å². The molecule has 12 heavy (non-hydrogen) atoms. The average molecular weight is 169 g/mol. The summed E-state index contributed by atoms with van der Waals surface area (Å²) in [6.45, 7) is 0.971. The molecule has 0 heterocycles. The van der Waals surface area contributed by atoms with Crippen LogP contribution >= 0.6 is 0 Å². The predicted molar refractivity (Wildman–Crippen MR) is 48.9 cm³/mol. The zero-order chi connectivity index (χ0) is 8.39. The van der Waals surface area contributed by atoms with Gasteiger partial charge in [0.05, 0.1) is 6.10 Å². The van der Waals surface area contributed by atoms with Gasteiger partial charge in [0.2, 0.25) is 0 Å². The Morgan fingerprint density at radius 3 is 2.33 bits per heavy atom. The van der Waals surface area contributed by atoms with Gasteiger partial charge in [-0.25, -0.2) is 0 Å². The first-order valence-electron chi connectivity index (χ1n) is 5.23. The molecule has 2 nitrogen and oxygen atoms in total. The van der Waals surface area contributed by atoms with Gasteiger partial charge in [-0.1, -0.05) is 6.42 Å². The summed E-state index contributed by atoms with van der Waals surface area (Å²) in [5, 5.41) is 0. The van der Waals surface area contributed by atoms with E-state index >= 15 is 0 Å². The van der Waals surface area contributed by atoms with Crippen molar-refractivity contribution >= 4 is 0 Å². The normalized spacial score (nSPS) is 36.8. The van der Waals surface area contributed by atoms with Crippen LogP contribution in [0.5, 0.6) is 0 Å². The molecule has 2 fully saturated rings. The van der Waals surface area contributed by atoms with Crippen LogP contribution < -0.4 is 5.73 Å². The summed E-state index contributed by atoms with van der Waals surface area (Å²) in [5.41, 5.74) is 5.90. The second-order valence-corrected chi connectivity index (χ2v) is 4.26. The van der Waals surface area contributed by atoms with E-state index in [0.29, 0.717) is 12.1 Å². The molecule has 0 aliphatic heterocycles. The Hall–Kier alpha value is -0.0800. The van der Waals surface area contributed by atoms with Crippen molar-refractivity contribution in [3.05, 3.63) is 0 Å². The molecule has 2 rings (SSSR count). The highest BCUT2D eigenvalue weighted by molar-refractivity contribution is 4.81. The average Bonchev–Trinajstić information content (AvgIpc) is 2.33. The van der Waals surface area contributed by atoms with Gasteiger partial charge < -0.3 is 10.5 Å². The van der Waals surface area contributed by atoms with Crippen LogP contribution in [0.2, 0.25) is 0 Å². The number of hydrogen-bond donors (Lipinski definition) is 1. The minimum absolute atomic E-state index is 0.324. The van der Waals surface area contributed by atoms with Gasteiger partial charge in [0, 0.05) is 12.6 Å². The molecule has 0 saturated heterocycles. The van der Waals surface area contributed by atoms with Crippen molar-refractivity contribution in [2.24, 2.45) is 11.7 Å². The highest BCUT2D eigenvalue weighted by Crippen LogP contribution is 2.28. The Morgan fingerprint density at radius 2 is 1.83 bits per heavy atom. The molecular weight excluding hydrogens is 150 g/mol. The van der Waals surface area contributed by atoms with Crippen LogP contribution in [0.4, 0.5) is 0 Å². The maximum absolute atomic E-state index is 5.90. The Morgan fingerprint density at radius 1 is 1.08 bits per heavy atom. The van der Waals surface area contributed by atoms with Crippen molar-refractivity contribution in [2.45, 2.75) is 50.7 Å². The van der Waals surface area contributed by atoms with Crippen LogP contribution in [-0.2, 0) is 4.74 Å². The maximum atomic E-state index is 5.90. The third kappa shape index (κ3) is 1.80. The Balaban J connectivity index is 1.64. The largest absolute Gasteiger partial charge is 0.376 e. The van der Waals surface area contributed by atoms with Gasteiger partial charge in [0.1, 0.15) is 0 Å². The van der Waals surface area contributed by atoms with Crippen molar-refractivity contribution in [1.82, 2.24) is 0 Å². The minimum atomic E-state index is 0.324. The maximum Gasteiger partial charge on any atom is 0.0726 e. The third-order valence-electron chi connectivity index (χ3n) is 3.27. The lowest BCUT2D eigenvalue weighted by Gasteiger charge is -2.27. The minimum Gasteiger partial charge on any atom is -0.376 e. The SMILES string of the molecule is NC1CCCC1OCC1CCC1. The van der Waals surface area contributed by atoms with Gasteiger partial charge in [-0.2, -0.15) is 0 Å². The van der Waals surface area contributed by atoms with Gasteiger partial charge in [0.25, 0.3) is 0 Å². The summed E-state index contributed by atoms with van der Waals surface area (Å²) in [4.78, 5) is 0. The van der Waals surface area contributed by atoms with E-state index in [2.05, 4.69) is 0 Å². The topological polar surface area (TPSA) is 35.2 Å². The lowest BCUT2D eigenvalue weighted by Crippen LogP contribution is -2.33. The molecule has 0 bridgehead atoms. The number of ether oxygens (including phenoxy) is 1. The van der Waals surface area contributed by atoms with Crippen LogP contribution in [-0.4, -0.2) is 18.8 Å². The van der Waals surface area contributed by atoms with E-state index in [-0.39, 0.29) is 0 Å². The fraction of sp³-hybridized carbons (Fsp3) is 1.00. The van der Waals surface area contributed by atoms with Crippen LogP contribution in [0.3, 0.4) is 0 Å². The molecule has 0 amide bonds. The van der Waals surface area contributed by atoms with Crippen LogP contribution in [0.1, 0.15) is 38.5 Å². The summed E-state index contributed by atoms with van der Waals surface area (Å²) in [6.07, 6.45) is 8.15. The summed E-state index contributed by atoms with van der Waals surface area (Å²) < 4.78 is 5.79. The highest BCUT2D eigenvalue weighted by Gasteiger charge is 2.26. The standard InChI is InChI=1S/C10H19NO/c11-9-5-2-6-10(9)12-7-8-3-1-4-8/h8-10H,1-7,11H2. The van der Waals surface area contributed by atoms with Crippen molar-refractivity contribution in [3.8, 4) is 0 Å². The molecule has 2 aliphatic carbocycles. The van der Waals surface area contributed by atoms with Gasteiger partial charge in [0.15, 0.2) is 0 Å². The molecule has 70 valence electrons. The lowest BCUT2D eigenvalue weighted by atomic mass is 9.86. The highest BCUT2D eigenvalue weighted by atomic mass is 16.5. The Kier molecular flexibility index (Phi) is 2.66. The summed E-state index contributed by atoms with van der Waals surface area (Å²) >= 11 is 0. The van der Waals surface area contributed by atoms with Crippen molar-refractivity contribution in [1.29, 1.82) is 0 Å². The van der Waals surface area contributed by atoms with Crippen LogP contribution in [0, 0.1) is 5.92 Å². The quantitative estimate of drug-likeness (QED) is 0.697. The third-order valence-corrected chi connectivity index (χ3v) is 3.27. The fourth-order valence-corrected chi connectivity index (χ4v) is 2.08. The fourth-order valence-electron chi connectivity index (χ4n) is 2.08. The van der Waals surface area contributed by atoms with Gasteiger partial charge >= 0.3 is 0 Å². The zero-order valence-electron chi connectivity index (χ0n) is 7.67. The molecule has 2 N–H and O–H groups in total. The van der Waals surface area contributed by atoms with E-state index in [4.69, 9.17) is 10.5 Å². The molecular formula is C10H19NO. The number of nitrogens with two attached hydrogens (primary N) is 1. The van der Waals surface area contributed by atoms with Crippen LogP contribution in [0.25, 0.3) is 0 Å². The summed E-state index contributed by atoms with van der Waals surface area (Å²) in [6, 6.07) is 0.324. The van der Waals surface area contributed by atoms with E-state index < -0.39 is 0 Å². The van der Waals surface area contributed by atoms with E-state index in [1.54, 1.807) is 0 Å². The summed E-state index contributed by atoms with van der Waals surface area (Å²) in [5.74, 6) is 0.859. The molecule has 2 heteroatoms. The Bertz CT molecular complexity index is 145. The smallest absolute Gasteiger partial charge is 0.0726 e. The molecule has 0 aromatic carbocycles. The molecule has 2 aliphatic rings. The summed E-state index contributed by atoms with van der Waals surface area (Å²) in [7, 11) is 0. The molecule has 0 aromatic rings. The number of hydrogen-bond acceptors (Lipinski definition) is 2. The van der Waals surface area contributed by atoms with Gasteiger partial charge in [-0.05, 0) is 38.0 Å². The molecule has 0 spiro atoms. The lowest BCUT2D eigenvalue weighted by molar-refractivity contribution is 0.00712. The van der Waals surface area contributed by atoms with Crippen molar-refractivity contribution < 1.29 is 4.74 Å². The molecule has 0 aromatic heterocycles. The van der Waals surface area contributed by atoms with Crippen LogP contribution in [0.15, 0.2) is 0 Å². The first-order chi connectivity index (χ1) is 5.86. The van der Waals surface area contributed by atoms with E-state index in [1.165, 1.54) is 32.1 Å². The zero-order valence-corrected chi connectivity index (χ0v) is 7.67. The second kappa shape index (κ2) is 3.75. The first-order valence-corrected chi connectivity index (χ1v) is 5.23. The Labute approximate surface area is 74.5 Å². The molecule has 0 radical (unpaired) electrons. The first kappa shape index (κ1) is 8.52. The van der Waals surface area contributed by atoms with E-state index in [1.807, 2.05) is 0 Å². The van der Waals surface area contributed by atoms with E-state index in [9.17, 15) is 0 Å².